The molecule has 21 heavy (non-hydrogen) atoms. The molecule has 1 aliphatic heterocycles. The Labute approximate surface area is 124 Å². The highest BCUT2D eigenvalue weighted by Gasteiger charge is 2.34. The normalized spacial score (nSPS) is 19.0. The first-order valence-corrected chi connectivity index (χ1v) is 8.51. The zero-order valence-corrected chi connectivity index (χ0v) is 13.1. The summed E-state index contributed by atoms with van der Waals surface area (Å²) in [5, 5.41) is 2.79. The Kier molecular flexibility index (Phi) is 6.73. The third kappa shape index (κ3) is 5.03. The topological polar surface area (TPSA) is 66.5 Å². The molecule has 0 aromatic rings. The predicted octanol–water partition coefficient (Wildman–Crippen LogP) is 1.72. The maximum absolute atomic E-state index is 12.4. The second kappa shape index (κ2) is 7.84. The fourth-order valence-electron chi connectivity index (χ4n) is 2.26. The first-order valence-electron chi connectivity index (χ1n) is 7.01. The van der Waals surface area contributed by atoms with Crippen LogP contribution in [-0.2, 0) is 14.8 Å². The summed E-state index contributed by atoms with van der Waals surface area (Å²) in [7, 11) is -4.47. The summed E-state index contributed by atoms with van der Waals surface area (Å²) in [6.45, 7) is 4.27. The van der Waals surface area contributed by atoms with Gasteiger partial charge < -0.3 is 5.32 Å². The van der Waals surface area contributed by atoms with E-state index in [9.17, 15) is 22.0 Å². The molecule has 0 spiro atoms. The third-order valence-electron chi connectivity index (χ3n) is 3.58. The minimum Gasteiger partial charge on any atom is -0.352 e. The second-order valence-corrected chi connectivity index (χ2v) is 7.06. The lowest BCUT2D eigenvalue weighted by molar-refractivity contribution is -0.117. The minimum absolute atomic E-state index is 0.0803. The summed E-state index contributed by atoms with van der Waals surface area (Å²) in [5.74, 6) is -3.39. The zero-order valence-electron chi connectivity index (χ0n) is 12.3. The van der Waals surface area contributed by atoms with E-state index < -0.39 is 15.8 Å². The second-order valence-electron chi connectivity index (χ2n) is 5.15. The van der Waals surface area contributed by atoms with Gasteiger partial charge in [0.2, 0.25) is 5.91 Å². The van der Waals surface area contributed by atoms with E-state index in [1.54, 1.807) is 6.92 Å². The fraction of sp³-hybridized carbons (Fsp3) is 0.769. The Morgan fingerprint density at radius 2 is 1.95 bits per heavy atom. The van der Waals surface area contributed by atoms with Crippen LogP contribution < -0.4 is 5.32 Å². The smallest absolute Gasteiger partial charge is 0.350 e. The molecule has 8 heteroatoms. The summed E-state index contributed by atoms with van der Waals surface area (Å²) >= 11 is 0. The summed E-state index contributed by atoms with van der Waals surface area (Å²) in [4.78, 5) is 11.7. The lowest BCUT2D eigenvalue weighted by Crippen LogP contribution is -2.43. The van der Waals surface area contributed by atoms with Gasteiger partial charge in [0.25, 0.3) is 10.0 Å². The number of halogens is 2. The van der Waals surface area contributed by atoms with Crippen molar-refractivity contribution >= 4 is 15.9 Å². The molecule has 0 aliphatic carbocycles. The summed E-state index contributed by atoms with van der Waals surface area (Å²) < 4.78 is 48.3. The molecule has 0 radical (unpaired) electrons. The van der Waals surface area contributed by atoms with Crippen LogP contribution in [0.4, 0.5) is 8.78 Å². The number of nitrogens with zero attached hydrogens (tertiary/aromatic N) is 1. The minimum atomic E-state index is -4.47. The standard InChI is InChI=1S/C13H22F2N2O3S/c1-3-4-10(2)12(18)16-9-11-5-7-17(8-6-11)21(19,20)13(14)15/h4,11,13H,3,5-9H2,1-2H3,(H,16,18)/b10-4+. The number of alkyl halides is 2. The van der Waals surface area contributed by atoms with Crippen molar-refractivity contribution in [2.24, 2.45) is 5.92 Å². The van der Waals surface area contributed by atoms with Gasteiger partial charge in [-0.15, -0.1) is 0 Å². The average molecular weight is 324 g/mol. The highest BCUT2D eigenvalue weighted by Crippen LogP contribution is 2.22. The molecule has 1 saturated heterocycles. The van der Waals surface area contributed by atoms with Crippen LogP contribution in [0.5, 0.6) is 0 Å². The first-order chi connectivity index (χ1) is 9.78. The Morgan fingerprint density at radius 3 is 2.43 bits per heavy atom. The van der Waals surface area contributed by atoms with E-state index in [1.807, 2.05) is 13.0 Å². The van der Waals surface area contributed by atoms with Gasteiger partial charge in [-0.05, 0) is 32.1 Å². The van der Waals surface area contributed by atoms with Gasteiger partial charge in [-0.2, -0.15) is 13.1 Å². The van der Waals surface area contributed by atoms with Gasteiger partial charge in [-0.3, -0.25) is 4.79 Å². The molecule has 122 valence electrons. The molecule has 0 aromatic carbocycles. The predicted molar refractivity (Wildman–Crippen MR) is 76.3 cm³/mol. The number of amides is 1. The van der Waals surface area contributed by atoms with E-state index in [4.69, 9.17) is 0 Å². The molecule has 1 amide bonds. The molecular weight excluding hydrogens is 302 g/mol. The number of nitrogens with one attached hydrogen (secondary N) is 1. The Hall–Kier alpha value is -1.02. The molecule has 1 fully saturated rings. The maximum Gasteiger partial charge on any atom is 0.350 e. The Bertz CT molecular complexity index is 484. The van der Waals surface area contributed by atoms with E-state index in [0.717, 1.165) is 10.7 Å². The van der Waals surface area contributed by atoms with Gasteiger partial charge in [0.05, 0.1) is 0 Å². The van der Waals surface area contributed by atoms with Crippen LogP contribution in [0, 0.1) is 5.92 Å². The van der Waals surface area contributed by atoms with Crippen molar-refractivity contribution in [3.8, 4) is 0 Å². The summed E-state index contributed by atoms with van der Waals surface area (Å²) in [6, 6.07) is 0. The Morgan fingerprint density at radius 1 is 1.38 bits per heavy atom. The van der Waals surface area contributed by atoms with Crippen molar-refractivity contribution in [3.05, 3.63) is 11.6 Å². The maximum atomic E-state index is 12.4. The van der Waals surface area contributed by atoms with Crippen LogP contribution in [-0.4, -0.2) is 44.0 Å². The van der Waals surface area contributed by atoms with Crippen LogP contribution in [0.1, 0.15) is 33.1 Å². The van der Waals surface area contributed by atoms with Crippen molar-refractivity contribution in [3.63, 3.8) is 0 Å². The van der Waals surface area contributed by atoms with Gasteiger partial charge in [-0.1, -0.05) is 13.0 Å². The summed E-state index contributed by atoms with van der Waals surface area (Å²) in [5.41, 5.74) is 0.648. The third-order valence-corrected chi connectivity index (χ3v) is 5.11. The van der Waals surface area contributed by atoms with Crippen LogP contribution in [0.3, 0.4) is 0 Å². The van der Waals surface area contributed by atoms with Gasteiger partial charge in [0.15, 0.2) is 0 Å². The number of allylic oxidation sites excluding steroid dienone is 1. The molecule has 0 unspecified atom stereocenters. The zero-order chi connectivity index (χ0) is 16.0. The lowest BCUT2D eigenvalue weighted by atomic mass is 9.98. The van der Waals surface area contributed by atoms with Crippen molar-refractivity contribution < 1.29 is 22.0 Å². The number of piperidine rings is 1. The molecule has 1 N–H and O–H groups in total. The largest absolute Gasteiger partial charge is 0.352 e. The molecular formula is C13H22F2N2O3S. The van der Waals surface area contributed by atoms with Crippen molar-refractivity contribution in [2.75, 3.05) is 19.6 Å². The van der Waals surface area contributed by atoms with Crippen molar-refractivity contribution in [1.82, 2.24) is 9.62 Å². The number of sulfonamides is 1. The lowest BCUT2D eigenvalue weighted by Gasteiger charge is -2.30. The number of hydrogen-bond donors (Lipinski definition) is 1. The molecule has 0 bridgehead atoms. The molecule has 0 atom stereocenters. The monoisotopic (exact) mass is 324 g/mol. The Balaban J connectivity index is 2.41. The first kappa shape index (κ1) is 18.0. The van der Waals surface area contributed by atoms with Crippen LogP contribution in [0.2, 0.25) is 0 Å². The number of hydrogen-bond acceptors (Lipinski definition) is 3. The fourth-order valence-corrected chi connectivity index (χ4v) is 3.20. The molecule has 0 saturated carbocycles. The van der Waals surface area contributed by atoms with Crippen LogP contribution >= 0.6 is 0 Å². The average Bonchev–Trinajstić information content (AvgIpc) is 2.45. The van der Waals surface area contributed by atoms with E-state index in [0.29, 0.717) is 25.0 Å². The van der Waals surface area contributed by atoms with E-state index in [1.165, 1.54) is 0 Å². The van der Waals surface area contributed by atoms with E-state index >= 15 is 0 Å². The van der Waals surface area contributed by atoms with Crippen LogP contribution in [0.25, 0.3) is 0 Å². The SMILES string of the molecule is CC/C=C(\C)C(=O)NCC1CCN(S(=O)(=O)C(F)F)CC1. The highest BCUT2D eigenvalue weighted by atomic mass is 32.2. The number of carbonyl (C=O) groups excluding carboxylic acids is 1. The van der Waals surface area contributed by atoms with Gasteiger partial charge in [0, 0.05) is 25.2 Å². The quantitative estimate of drug-likeness (QED) is 0.757. The van der Waals surface area contributed by atoms with E-state index in [-0.39, 0.29) is 24.9 Å². The van der Waals surface area contributed by atoms with Crippen LogP contribution in [0.15, 0.2) is 11.6 Å². The molecule has 1 aliphatic rings. The highest BCUT2D eigenvalue weighted by molar-refractivity contribution is 7.89. The van der Waals surface area contributed by atoms with Crippen molar-refractivity contribution in [1.29, 1.82) is 0 Å². The van der Waals surface area contributed by atoms with Gasteiger partial charge >= 0.3 is 5.76 Å². The molecule has 5 nitrogen and oxygen atoms in total. The van der Waals surface area contributed by atoms with E-state index in [2.05, 4.69) is 5.32 Å². The number of rotatable bonds is 6. The van der Waals surface area contributed by atoms with Crippen molar-refractivity contribution in [2.45, 2.75) is 38.9 Å². The molecule has 0 aromatic heterocycles. The number of carbonyl (C=O) groups is 1. The van der Waals surface area contributed by atoms with Gasteiger partial charge in [0.1, 0.15) is 0 Å². The molecule has 1 rings (SSSR count). The summed E-state index contributed by atoms with van der Waals surface area (Å²) in [6.07, 6.45) is 3.56. The molecule has 1 heterocycles. The van der Waals surface area contributed by atoms with Gasteiger partial charge in [-0.25, -0.2) is 8.42 Å².